The van der Waals surface area contributed by atoms with Crippen LogP contribution in [0, 0.1) is 5.82 Å². The van der Waals surface area contributed by atoms with Crippen LogP contribution in [-0.4, -0.2) is 34.9 Å². The van der Waals surface area contributed by atoms with Crippen LogP contribution in [-0.2, 0) is 16.1 Å². The van der Waals surface area contributed by atoms with E-state index in [0.29, 0.717) is 12.1 Å². The third kappa shape index (κ3) is 5.22. The molecule has 1 aromatic carbocycles. The van der Waals surface area contributed by atoms with E-state index in [1.807, 2.05) is 0 Å². The van der Waals surface area contributed by atoms with Crippen molar-refractivity contribution in [2.24, 2.45) is 0 Å². The number of aromatic nitrogens is 1. The summed E-state index contributed by atoms with van der Waals surface area (Å²) in [7, 11) is 0. The molecule has 0 aliphatic carbocycles. The minimum absolute atomic E-state index is 0.0819. The number of halogens is 4. The number of ether oxygens (including phenoxy) is 1. The second-order valence-electron chi connectivity index (χ2n) is 5.41. The lowest BCUT2D eigenvalue weighted by atomic mass is 10.2. The van der Waals surface area contributed by atoms with Gasteiger partial charge in [0.2, 0.25) is 0 Å². The summed E-state index contributed by atoms with van der Waals surface area (Å²) in [5, 5.41) is -0.506. The Morgan fingerprint density at radius 1 is 1.26 bits per heavy atom. The zero-order valence-electron chi connectivity index (χ0n) is 14.1. The molecular weight excluding hydrogens is 420 g/mol. The Morgan fingerprint density at radius 3 is 2.59 bits per heavy atom. The molecule has 0 radical (unpaired) electrons. The second-order valence-corrected chi connectivity index (χ2v) is 6.52. The molecule has 0 bridgehead atoms. The summed E-state index contributed by atoms with van der Waals surface area (Å²) < 4.78 is 18.2. The molecule has 2 aromatic rings. The van der Waals surface area contributed by atoms with E-state index < -0.39 is 24.3 Å². The van der Waals surface area contributed by atoms with Gasteiger partial charge in [-0.3, -0.25) is 4.79 Å². The smallest absolute Gasteiger partial charge is 0.359 e. The van der Waals surface area contributed by atoms with Crippen LogP contribution in [0.4, 0.5) is 10.1 Å². The van der Waals surface area contributed by atoms with Crippen LogP contribution in [0.25, 0.3) is 0 Å². The fourth-order valence-corrected chi connectivity index (χ4v) is 2.77. The quantitative estimate of drug-likeness (QED) is 0.549. The molecule has 0 spiro atoms. The molecule has 1 aromatic heterocycles. The molecule has 0 saturated carbocycles. The molecule has 27 heavy (non-hydrogen) atoms. The van der Waals surface area contributed by atoms with Gasteiger partial charge >= 0.3 is 5.97 Å². The van der Waals surface area contributed by atoms with Crippen molar-refractivity contribution in [2.45, 2.75) is 13.5 Å². The van der Waals surface area contributed by atoms with Gasteiger partial charge < -0.3 is 15.4 Å². The predicted molar refractivity (Wildman–Crippen MR) is 101 cm³/mol. The van der Waals surface area contributed by atoms with Crippen molar-refractivity contribution >= 4 is 52.4 Å². The number of nitrogens with two attached hydrogens (primary N) is 1. The maximum atomic E-state index is 13.3. The molecule has 1 heterocycles. The molecule has 6 nitrogen and oxygen atoms in total. The highest BCUT2D eigenvalue weighted by Gasteiger charge is 2.22. The maximum Gasteiger partial charge on any atom is 0.359 e. The van der Waals surface area contributed by atoms with Gasteiger partial charge in [-0.2, -0.15) is 0 Å². The van der Waals surface area contributed by atoms with Crippen LogP contribution in [0.3, 0.4) is 0 Å². The van der Waals surface area contributed by atoms with Crippen LogP contribution in [0.2, 0.25) is 15.2 Å². The second kappa shape index (κ2) is 9.21. The number of nitrogens with zero attached hydrogens (tertiary/aromatic N) is 2. The Kier molecular flexibility index (Phi) is 7.24. The Morgan fingerprint density at radius 2 is 1.96 bits per heavy atom. The molecule has 0 aliphatic heterocycles. The van der Waals surface area contributed by atoms with Crippen molar-refractivity contribution in [3.63, 3.8) is 0 Å². The summed E-state index contributed by atoms with van der Waals surface area (Å²) in [6.07, 6.45) is 0. The lowest BCUT2D eigenvalue weighted by molar-refractivity contribution is -0.135. The molecule has 2 rings (SSSR count). The Bertz CT molecular complexity index is 880. The first-order valence-electron chi connectivity index (χ1n) is 7.73. The number of anilines is 1. The molecule has 0 saturated heterocycles. The normalized spacial score (nSPS) is 10.6. The van der Waals surface area contributed by atoms with E-state index in [2.05, 4.69) is 4.98 Å². The van der Waals surface area contributed by atoms with Crippen LogP contribution in [0.1, 0.15) is 23.0 Å². The Labute approximate surface area is 170 Å². The standard InChI is InChI=1S/C17H15Cl3FN3O3/c1-2-24(7-9-4-3-5-10(21)6-9)11(25)8-27-17(26)15-12(18)14(22)13(19)16(20)23-15/h3-6H,2,7-8H2,1H3,(H2,22,23). The number of hydrogen-bond acceptors (Lipinski definition) is 5. The van der Waals surface area contributed by atoms with Crippen LogP contribution in [0.5, 0.6) is 0 Å². The lowest BCUT2D eigenvalue weighted by Crippen LogP contribution is -2.34. The topological polar surface area (TPSA) is 85.5 Å². The van der Waals surface area contributed by atoms with Crippen molar-refractivity contribution < 1.29 is 18.7 Å². The van der Waals surface area contributed by atoms with E-state index in [9.17, 15) is 14.0 Å². The number of benzene rings is 1. The summed E-state index contributed by atoms with van der Waals surface area (Å²) in [5.41, 5.74) is 5.80. The highest BCUT2D eigenvalue weighted by Crippen LogP contribution is 2.34. The largest absolute Gasteiger partial charge is 0.451 e. The van der Waals surface area contributed by atoms with Gasteiger partial charge in [0, 0.05) is 13.1 Å². The average molecular weight is 435 g/mol. The summed E-state index contributed by atoms with van der Waals surface area (Å²) >= 11 is 17.5. The van der Waals surface area contributed by atoms with Crippen LogP contribution in [0.15, 0.2) is 24.3 Å². The number of nitrogen functional groups attached to an aromatic ring is 1. The fraction of sp³-hybridized carbons (Fsp3) is 0.235. The monoisotopic (exact) mass is 433 g/mol. The summed E-state index contributed by atoms with van der Waals surface area (Å²) in [6.45, 7) is 1.70. The van der Waals surface area contributed by atoms with Gasteiger partial charge in [0.15, 0.2) is 17.5 Å². The number of carbonyl (C=O) groups excluding carboxylic acids is 2. The number of esters is 1. The van der Waals surface area contributed by atoms with Gasteiger partial charge in [0.1, 0.15) is 10.8 Å². The molecule has 0 unspecified atom stereocenters. The molecule has 2 N–H and O–H groups in total. The van der Waals surface area contributed by atoms with Crippen molar-refractivity contribution in [3.8, 4) is 0 Å². The molecule has 144 valence electrons. The molecule has 1 amide bonds. The van der Waals surface area contributed by atoms with Gasteiger partial charge in [0.05, 0.1) is 10.7 Å². The van der Waals surface area contributed by atoms with Crippen molar-refractivity contribution in [3.05, 3.63) is 56.5 Å². The van der Waals surface area contributed by atoms with Crippen LogP contribution < -0.4 is 5.73 Å². The zero-order valence-corrected chi connectivity index (χ0v) is 16.4. The first kappa shape index (κ1) is 21.2. The fourth-order valence-electron chi connectivity index (χ4n) is 2.19. The minimum atomic E-state index is -0.972. The number of likely N-dealkylation sites (N-methyl/N-ethyl adjacent to an activating group) is 1. The summed E-state index contributed by atoms with van der Waals surface area (Å²) in [6, 6.07) is 5.87. The first-order chi connectivity index (χ1) is 12.7. The average Bonchev–Trinajstić information content (AvgIpc) is 2.65. The van der Waals surface area contributed by atoms with Crippen molar-refractivity contribution in [2.75, 3.05) is 18.9 Å². The summed E-state index contributed by atoms with van der Waals surface area (Å²) in [5.74, 6) is -1.85. The predicted octanol–water partition coefficient (Wildman–Crippen LogP) is 3.97. The van der Waals surface area contributed by atoms with Gasteiger partial charge in [-0.05, 0) is 24.6 Å². The number of carbonyl (C=O) groups is 2. The number of pyridine rings is 1. The first-order valence-corrected chi connectivity index (χ1v) is 8.87. The highest BCUT2D eigenvalue weighted by atomic mass is 35.5. The molecule has 0 fully saturated rings. The Balaban J connectivity index is 2.04. The van der Waals surface area contributed by atoms with E-state index in [1.54, 1.807) is 19.1 Å². The van der Waals surface area contributed by atoms with Gasteiger partial charge in [-0.15, -0.1) is 0 Å². The van der Waals surface area contributed by atoms with E-state index in [1.165, 1.54) is 17.0 Å². The van der Waals surface area contributed by atoms with Gasteiger partial charge in [-0.25, -0.2) is 14.2 Å². The van der Waals surface area contributed by atoms with E-state index in [0.717, 1.165) is 0 Å². The lowest BCUT2D eigenvalue weighted by Gasteiger charge is -2.21. The number of rotatable bonds is 6. The van der Waals surface area contributed by atoms with Crippen molar-refractivity contribution in [1.82, 2.24) is 9.88 Å². The van der Waals surface area contributed by atoms with Crippen molar-refractivity contribution in [1.29, 1.82) is 0 Å². The molecule has 10 heteroatoms. The van der Waals surface area contributed by atoms with E-state index in [-0.39, 0.29) is 33.1 Å². The molecule has 0 aliphatic rings. The van der Waals surface area contributed by atoms with Gasteiger partial charge in [0.25, 0.3) is 5.91 Å². The SMILES string of the molecule is CCN(Cc1cccc(F)c1)C(=O)COC(=O)c1nc(Cl)c(Cl)c(N)c1Cl. The minimum Gasteiger partial charge on any atom is -0.451 e. The zero-order chi connectivity index (χ0) is 20.1. The van der Waals surface area contributed by atoms with Crippen LogP contribution >= 0.6 is 34.8 Å². The third-order valence-electron chi connectivity index (χ3n) is 3.59. The Hall–Kier alpha value is -2.09. The van der Waals surface area contributed by atoms with Gasteiger partial charge in [-0.1, -0.05) is 46.9 Å². The molecular formula is C17H15Cl3FN3O3. The number of amides is 1. The van der Waals surface area contributed by atoms with E-state index in [4.69, 9.17) is 45.3 Å². The maximum absolute atomic E-state index is 13.3. The highest BCUT2D eigenvalue weighted by molar-refractivity contribution is 6.46. The summed E-state index contributed by atoms with van der Waals surface area (Å²) in [4.78, 5) is 29.6. The molecule has 0 atom stereocenters. The third-order valence-corrected chi connectivity index (χ3v) is 4.72. The van der Waals surface area contributed by atoms with E-state index >= 15 is 0 Å². The number of hydrogen-bond donors (Lipinski definition) is 1.